The van der Waals surface area contributed by atoms with Gasteiger partial charge in [0.2, 0.25) is 0 Å². The van der Waals surface area contributed by atoms with Crippen LogP contribution in [0.2, 0.25) is 0 Å². The Balaban J connectivity index is 2.52. The third-order valence-electron chi connectivity index (χ3n) is 4.54. The SMILES string of the molecule is CCC(CO)(CNC(=O)OC(C)(C)C)CC1CCCCC1. The quantitative estimate of drug-likeness (QED) is 0.782. The number of carbonyl (C=O) groups is 1. The summed E-state index contributed by atoms with van der Waals surface area (Å²) < 4.78 is 5.28. The Morgan fingerprint density at radius 3 is 2.33 bits per heavy atom. The first-order chi connectivity index (χ1) is 9.80. The largest absolute Gasteiger partial charge is 0.444 e. The second kappa shape index (κ2) is 8.02. The van der Waals surface area contributed by atoms with Gasteiger partial charge in [0.05, 0.1) is 6.61 Å². The predicted octanol–water partition coefficient (Wildman–Crippen LogP) is 3.87. The van der Waals surface area contributed by atoms with E-state index in [1.54, 1.807) is 0 Å². The van der Waals surface area contributed by atoms with Crippen LogP contribution in [0.4, 0.5) is 4.79 Å². The summed E-state index contributed by atoms with van der Waals surface area (Å²) in [6, 6.07) is 0. The van der Waals surface area contributed by atoms with Gasteiger partial charge in [0.1, 0.15) is 5.60 Å². The lowest BCUT2D eigenvalue weighted by Crippen LogP contribution is -2.43. The predicted molar refractivity (Wildman–Crippen MR) is 85.2 cm³/mol. The average Bonchev–Trinajstić information content (AvgIpc) is 2.43. The minimum Gasteiger partial charge on any atom is -0.444 e. The Morgan fingerprint density at radius 2 is 1.86 bits per heavy atom. The number of nitrogens with one attached hydrogen (secondary N) is 1. The van der Waals surface area contributed by atoms with E-state index in [0.29, 0.717) is 12.5 Å². The van der Waals surface area contributed by atoms with Crippen molar-refractivity contribution in [3.8, 4) is 0 Å². The minimum atomic E-state index is -0.485. The van der Waals surface area contributed by atoms with Gasteiger partial charge in [0.25, 0.3) is 0 Å². The molecule has 0 spiro atoms. The number of alkyl carbamates (subject to hydrolysis) is 1. The molecule has 1 unspecified atom stereocenters. The van der Waals surface area contributed by atoms with E-state index in [9.17, 15) is 9.90 Å². The molecule has 1 rings (SSSR count). The van der Waals surface area contributed by atoms with E-state index in [1.165, 1.54) is 32.1 Å². The molecule has 1 amide bonds. The van der Waals surface area contributed by atoms with Crippen molar-refractivity contribution >= 4 is 6.09 Å². The van der Waals surface area contributed by atoms with Gasteiger partial charge in [-0.05, 0) is 39.5 Å². The van der Waals surface area contributed by atoms with Gasteiger partial charge in [-0.1, -0.05) is 39.0 Å². The van der Waals surface area contributed by atoms with E-state index in [4.69, 9.17) is 4.74 Å². The first kappa shape index (κ1) is 18.3. The average molecular weight is 299 g/mol. The van der Waals surface area contributed by atoms with Crippen molar-refractivity contribution < 1.29 is 14.6 Å². The van der Waals surface area contributed by atoms with Crippen molar-refractivity contribution in [3.63, 3.8) is 0 Å². The number of hydrogen-bond donors (Lipinski definition) is 2. The molecule has 4 heteroatoms. The van der Waals surface area contributed by atoms with E-state index < -0.39 is 11.7 Å². The van der Waals surface area contributed by atoms with Gasteiger partial charge in [-0.15, -0.1) is 0 Å². The molecule has 1 atom stereocenters. The molecule has 0 aromatic carbocycles. The Bertz CT molecular complexity index is 312. The summed E-state index contributed by atoms with van der Waals surface area (Å²) in [5, 5.41) is 12.7. The fourth-order valence-electron chi connectivity index (χ4n) is 3.15. The van der Waals surface area contributed by atoms with Crippen molar-refractivity contribution in [2.45, 2.75) is 78.2 Å². The smallest absolute Gasteiger partial charge is 0.407 e. The zero-order chi connectivity index (χ0) is 15.9. The summed E-state index contributed by atoms with van der Waals surface area (Å²) in [6.07, 6.45) is 7.93. The minimum absolute atomic E-state index is 0.121. The van der Waals surface area contributed by atoms with Crippen LogP contribution in [0.1, 0.15) is 72.6 Å². The fourth-order valence-corrected chi connectivity index (χ4v) is 3.15. The highest BCUT2D eigenvalue weighted by Gasteiger charge is 2.32. The Hall–Kier alpha value is -0.770. The lowest BCUT2D eigenvalue weighted by atomic mass is 9.73. The van der Waals surface area contributed by atoms with Crippen LogP contribution < -0.4 is 5.32 Å². The zero-order valence-corrected chi connectivity index (χ0v) is 14.2. The summed E-state index contributed by atoms with van der Waals surface area (Å²) in [4.78, 5) is 11.8. The first-order valence-electron chi connectivity index (χ1n) is 8.38. The van der Waals surface area contributed by atoms with Crippen LogP contribution in [0.15, 0.2) is 0 Å². The van der Waals surface area contributed by atoms with Gasteiger partial charge in [0.15, 0.2) is 0 Å². The van der Waals surface area contributed by atoms with Gasteiger partial charge < -0.3 is 15.2 Å². The maximum Gasteiger partial charge on any atom is 0.407 e. The number of amides is 1. The van der Waals surface area contributed by atoms with Crippen LogP contribution in [0.3, 0.4) is 0 Å². The van der Waals surface area contributed by atoms with E-state index >= 15 is 0 Å². The van der Waals surface area contributed by atoms with Crippen LogP contribution in [0.25, 0.3) is 0 Å². The van der Waals surface area contributed by atoms with Gasteiger partial charge in [-0.3, -0.25) is 0 Å². The highest BCUT2D eigenvalue weighted by Crippen LogP contribution is 2.36. The molecule has 21 heavy (non-hydrogen) atoms. The third kappa shape index (κ3) is 6.68. The van der Waals surface area contributed by atoms with Crippen molar-refractivity contribution in [2.75, 3.05) is 13.2 Å². The highest BCUT2D eigenvalue weighted by molar-refractivity contribution is 5.67. The molecule has 4 nitrogen and oxygen atoms in total. The van der Waals surface area contributed by atoms with Crippen LogP contribution >= 0.6 is 0 Å². The Kier molecular flexibility index (Phi) is 6.98. The van der Waals surface area contributed by atoms with Crippen molar-refractivity contribution in [1.82, 2.24) is 5.32 Å². The molecular formula is C17H33NO3. The molecule has 0 bridgehead atoms. The molecule has 1 aliphatic carbocycles. The zero-order valence-electron chi connectivity index (χ0n) is 14.2. The molecule has 0 saturated heterocycles. The summed E-state index contributed by atoms with van der Waals surface area (Å²) in [5.74, 6) is 0.686. The molecule has 124 valence electrons. The maximum absolute atomic E-state index is 11.8. The number of aliphatic hydroxyl groups is 1. The van der Waals surface area contributed by atoms with Crippen LogP contribution in [-0.2, 0) is 4.74 Å². The summed E-state index contributed by atoms with van der Waals surface area (Å²) in [7, 11) is 0. The molecule has 1 fully saturated rings. The molecule has 2 N–H and O–H groups in total. The van der Waals surface area contributed by atoms with Gasteiger partial charge >= 0.3 is 6.09 Å². The topological polar surface area (TPSA) is 58.6 Å². The highest BCUT2D eigenvalue weighted by atomic mass is 16.6. The lowest BCUT2D eigenvalue weighted by Gasteiger charge is -2.36. The van der Waals surface area contributed by atoms with Crippen LogP contribution in [0.5, 0.6) is 0 Å². The van der Waals surface area contributed by atoms with E-state index in [-0.39, 0.29) is 12.0 Å². The van der Waals surface area contributed by atoms with Crippen LogP contribution in [0, 0.1) is 11.3 Å². The first-order valence-corrected chi connectivity index (χ1v) is 8.38. The summed E-state index contributed by atoms with van der Waals surface area (Å²) in [6.45, 7) is 8.27. The normalized spacial score (nSPS) is 19.9. The number of rotatable bonds is 6. The van der Waals surface area contributed by atoms with E-state index in [2.05, 4.69) is 12.2 Å². The molecule has 1 aliphatic rings. The Labute approximate surface area is 129 Å². The second-order valence-corrected chi connectivity index (χ2v) is 7.58. The molecule has 0 aliphatic heterocycles. The van der Waals surface area contributed by atoms with Crippen molar-refractivity contribution in [3.05, 3.63) is 0 Å². The van der Waals surface area contributed by atoms with Crippen LogP contribution in [-0.4, -0.2) is 30.0 Å². The molecule has 0 aromatic heterocycles. The number of hydrogen-bond acceptors (Lipinski definition) is 3. The molecule has 0 radical (unpaired) electrons. The maximum atomic E-state index is 11.8. The third-order valence-corrected chi connectivity index (χ3v) is 4.54. The van der Waals surface area contributed by atoms with Gasteiger partial charge in [-0.25, -0.2) is 4.79 Å². The Morgan fingerprint density at radius 1 is 1.24 bits per heavy atom. The standard InChI is InChI=1S/C17H33NO3/c1-5-17(13-19,11-14-9-7-6-8-10-14)12-18-15(20)21-16(2,3)4/h14,19H,5-13H2,1-4H3,(H,18,20). The molecule has 1 saturated carbocycles. The molecule has 0 heterocycles. The van der Waals surface area contributed by atoms with Crippen molar-refractivity contribution in [2.24, 2.45) is 11.3 Å². The number of aliphatic hydroxyl groups excluding tert-OH is 1. The summed E-state index contributed by atoms with van der Waals surface area (Å²) in [5.41, 5.74) is -0.694. The number of ether oxygens (including phenoxy) is 1. The number of carbonyl (C=O) groups excluding carboxylic acids is 1. The second-order valence-electron chi connectivity index (χ2n) is 7.58. The monoisotopic (exact) mass is 299 g/mol. The fraction of sp³-hybridized carbons (Fsp3) is 0.941. The van der Waals surface area contributed by atoms with Gasteiger partial charge in [0, 0.05) is 12.0 Å². The summed E-state index contributed by atoms with van der Waals surface area (Å²) >= 11 is 0. The molecular weight excluding hydrogens is 266 g/mol. The molecule has 0 aromatic rings. The van der Waals surface area contributed by atoms with E-state index in [1.807, 2.05) is 20.8 Å². The van der Waals surface area contributed by atoms with Crippen molar-refractivity contribution in [1.29, 1.82) is 0 Å². The lowest BCUT2D eigenvalue weighted by molar-refractivity contribution is 0.0414. The van der Waals surface area contributed by atoms with E-state index in [0.717, 1.165) is 12.8 Å². The van der Waals surface area contributed by atoms with Gasteiger partial charge in [-0.2, -0.15) is 0 Å².